The van der Waals surface area contributed by atoms with Gasteiger partial charge in [0.25, 0.3) is 0 Å². The molecular formula is C12H21NO2. The quantitative estimate of drug-likeness (QED) is 0.669. The summed E-state index contributed by atoms with van der Waals surface area (Å²) >= 11 is 0. The van der Waals surface area contributed by atoms with Crippen LogP contribution in [0.4, 0.5) is 0 Å². The molecule has 15 heavy (non-hydrogen) atoms. The number of hydrogen-bond donors (Lipinski definition) is 1. The van der Waals surface area contributed by atoms with E-state index in [2.05, 4.69) is 5.32 Å². The van der Waals surface area contributed by atoms with Crippen molar-refractivity contribution >= 4 is 5.97 Å². The second kappa shape index (κ2) is 3.78. The van der Waals surface area contributed by atoms with Crippen LogP contribution < -0.4 is 5.32 Å². The largest absolute Gasteiger partial charge is 0.460 e. The molecule has 1 N–H and O–H groups in total. The minimum Gasteiger partial charge on any atom is -0.460 e. The van der Waals surface area contributed by atoms with Crippen LogP contribution in [0.25, 0.3) is 0 Å². The van der Waals surface area contributed by atoms with Crippen LogP contribution in [0, 0.1) is 17.8 Å². The molecule has 3 heteroatoms. The van der Waals surface area contributed by atoms with Crippen molar-refractivity contribution in [1.82, 2.24) is 5.32 Å². The maximum atomic E-state index is 11.9. The monoisotopic (exact) mass is 211 g/mol. The first-order valence-corrected chi connectivity index (χ1v) is 5.92. The number of esters is 1. The lowest BCUT2D eigenvalue weighted by Crippen LogP contribution is -2.26. The number of fused-ring (bicyclic) bond motifs is 1. The van der Waals surface area contributed by atoms with E-state index in [1.165, 1.54) is 0 Å². The molecule has 1 aliphatic carbocycles. The molecule has 0 aromatic carbocycles. The van der Waals surface area contributed by atoms with Gasteiger partial charge in [-0.15, -0.1) is 0 Å². The lowest BCUT2D eigenvalue weighted by molar-refractivity contribution is -0.157. The maximum Gasteiger partial charge on any atom is 0.310 e. The van der Waals surface area contributed by atoms with Crippen LogP contribution in [-0.4, -0.2) is 24.7 Å². The Balaban J connectivity index is 1.89. The third kappa shape index (κ3) is 2.51. The average Bonchev–Trinajstić information content (AvgIpc) is 2.72. The van der Waals surface area contributed by atoms with Crippen LogP contribution in [-0.2, 0) is 9.53 Å². The Kier molecular flexibility index (Phi) is 2.75. The predicted octanol–water partition coefficient (Wildman–Crippen LogP) is 1.57. The second-order valence-corrected chi connectivity index (χ2v) is 5.71. The summed E-state index contributed by atoms with van der Waals surface area (Å²) in [5, 5.41) is 3.36. The number of carbonyl (C=O) groups is 1. The van der Waals surface area contributed by atoms with Crippen LogP contribution in [0.1, 0.15) is 33.6 Å². The van der Waals surface area contributed by atoms with Crippen molar-refractivity contribution in [2.24, 2.45) is 17.8 Å². The normalized spacial score (nSPS) is 35.3. The summed E-state index contributed by atoms with van der Waals surface area (Å²) in [6, 6.07) is 0. The Bertz CT molecular complexity index is 245. The van der Waals surface area contributed by atoms with Crippen LogP contribution in [0.3, 0.4) is 0 Å². The summed E-state index contributed by atoms with van der Waals surface area (Å²) in [7, 11) is 0. The van der Waals surface area contributed by atoms with Gasteiger partial charge < -0.3 is 10.1 Å². The molecule has 1 heterocycles. The zero-order valence-electron chi connectivity index (χ0n) is 9.88. The Hall–Kier alpha value is -0.570. The van der Waals surface area contributed by atoms with Crippen LogP contribution in [0.15, 0.2) is 0 Å². The molecule has 1 aliphatic heterocycles. The van der Waals surface area contributed by atoms with E-state index in [0.29, 0.717) is 11.8 Å². The Labute approximate surface area is 91.6 Å². The third-order valence-electron chi connectivity index (χ3n) is 3.32. The molecule has 1 saturated heterocycles. The molecule has 2 atom stereocenters. The summed E-state index contributed by atoms with van der Waals surface area (Å²) in [5.41, 5.74) is -0.336. The van der Waals surface area contributed by atoms with Gasteiger partial charge >= 0.3 is 5.97 Å². The maximum absolute atomic E-state index is 11.9. The highest BCUT2D eigenvalue weighted by Crippen LogP contribution is 2.52. The third-order valence-corrected chi connectivity index (χ3v) is 3.32. The number of carbonyl (C=O) groups excluding carboxylic acids is 1. The Morgan fingerprint density at radius 2 is 1.73 bits per heavy atom. The second-order valence-electron chi connectivity index (χ2n) is 5.71. The molecule has 0 aromatic rings. The number of ether oxygens (including phenoxy) is 1. The van der Waals surface area contributed by atoms with E-state index in [4.69, 9.17) is 4.74 Å². The first-order valence-electron chi connectivity index (χ1n) is 5.92. The molecule has 2 rings (SSSR count). The molecular weight excluding hydrogens is 190 g/mol. The molecule has 0 bridgehead atoms. The summed E-state index contributed by atoms with van der Waals surface area (Å²) in [6.45, 7) is 7.92. The van der Waals surface area contributed by atoms with Crippen LogP contribution >= 0.6 is 0 Å². The summed E-state index contributed by atoms with van der Waals surface area (Å²) in [4.78, 5) is 11.9. The lowest BCUT2D eigenvalue weighted by Gasteiger charge is -2.19. The van der Waals surface area contributed by atoms with Gasteiger partial charge in [-0.1, -0.05) is 0 Å². The molecule has 0 spiro atoms. The van der Waals surface area contributed by atoms with Gasteiger partial charge in [0.2, 0.25) is 0 Å². The van der Waals surface area contributed by atoms with Crippen LogP contribution in [0.2, 0.25) is 0 Å². The molecule has 86 valence electrons. The van der Waals surface area contributed by atoms with Gasteiger partial charge in [0.15, 0.2) is 0 Å². The fourth-order valence-corrected chi connectivity index (χ4v) is 2.61. The van der Waals surface area contributed by atoms with Gasteiger partial charge in [0.05, 0.1) is 5.92 Å². The fraction of sp³-hybridized carbons (Fsp3) is 0.917. The Morgan fingerprint density at radius 1 is 1.20 bits per heavy atom. The van der Waals surface area contributed by atoms with Gasteiger partial charge in [-0.2, -0.15) is 0 Å². The van der Waals surface area contributed by atoms with Gasteiger partial charge in [0.1, 0.15) is 5.60 Å². The zero-order valence-corrected chi connectivity index (χ0v) is 9.88. The number of nitrogens with one attached hydrogen (secondary N) is 1. The lowest BCUT2D eigenvalue weighted by atomic mass is 10.2. The van der Waals surface area contributed by atoms with E-state index >= 15 is 0 Å². The predicted molar refractivity (Wildman–Crippen MR) is 58.4 cm³/mol. The van der Waals surface area contributed by atoms with Crippen molar-refractivity contribution in [2.45, 2.75) is 39.2 Å². The van der Waals surface area contributed by atoms with Crippen molar-refractivity contribution in [3.8, 4) is 0 Å². The van der Waals surface area contributed by atoms with Gasteiger partial charge in [0, 0.05) is 0 Å². The van der Waals surface area contributed by atoms with Gasteiger partial charge in [-0.25, -0.2) is 0 Å². The van der Waals surface area contributed by atoms with Crippen molar-refractivity contribution in [3.63, 3.8) is 0 Å². The van der Waals surface area contributed by atoms with E-state index in [1.54, 1.807) is 0 Å². The zero-order chi connectivity index (χ0) is 11.1. The molecule has 1 saturated carbocycles. The van der Waals surface area contributed by atoms with E-state index in [1.807, 2.05) is 20.8 Å². The van der Waals surface area contributed by atoms with Crippen molar-refractivity contribution in [2.75, 3.05) is 13.1 Å². The molecule has 0 radical (unpaired) electrons. The fourth-order valence-electron chi connectivity index (χ4n) is 2.61. The minimum absolute atomic E-state index is 0.0272. The minimum atomic E-state index is -0.336. The van der Waals surface area contributed by atoms with E-state index in [9.17, 15) is 4.79 Å². The van der Waals surface area contributed by atoms with Gasteiger partial charge in [-0.3, -0.25) is 4.79 Å². The molecule has 0 aromatic heterocycles. The van der Waals surface area contributed by atoms with Gasteiger partial charge in [-0.05, 0) is 58.5 Å². The Morgan fingerprint density at radius 3 is 2.20 bits per heavy atom. The topological polar surface area (TPSA) is 38.3 Å². The van der Waals surface area contributed by atoms with E-state index in [0.717, 1.165) is 25.9 Å². The molecule has 3 nitrogen and oxygen atoms in total. The summed E-state index contributed by atoms with van der Waals surface area (Å²) < 4.78 is 5.44. The number of rotatable bonds is 1. The SMILES string of the molecule is CC(C)(C)OC(=O)C1C2CCNCCC21. The highest BCUT2D eigenvalue weighted by Gasteiger charge is 2.55. The molecule has 2 aliphatic rings. The van der Waals surface area contributed by atoms with Crippen molar-refractivity contribution in [1.29, 1.82) is 0 Å². The molecule has 0 amide bonds. The number of hydrogen-bond acceptors (Lipinski definition) is 3. The van der Waals surface area contributed by atoms with Crippen LogP contribution in [0.5, 0.6) is 0 Å². The van der Waals surface area contributed by atoms with E-state index < -0.39 is 0 Å². The molecule has 2 unspecified atom stereocenters. The highest BCUT2D eigenvalue weighted by molar-refractivity contribution is 5.77. The highest BCUT2D eigenvalue weighted by atomic mass is 16.6. The van der Waals surface area contributed by atoms with Crippen molar-refractivity contribution < 1.29 is 9.53 Å². The average molecular weight is 211 g/mol. The first kappa shape index (κ1) is 10.9. The smallest absolute Gasteiger partial charge is 0.310 e. The van der Waals surface area contributed by atoms with Crippen molar-refractivity contribution in [3.05, 3.63) is 0 Å². The first-order chi connectivity index (χ1) is 6.99. The molecule has 2 fully saturated rings. The summed E-state index contributed by atoms with van der Waals surface area (Å²) in [5.74, 6) is 1.41. The standard InChI is InChI=1S/C12H21NO2/c1-12(2,3)15-11(14)10-8-4-6-13-7-5-9(8)10/h8-10,13H,4-7H2,1-3H3. The summed E-state index contributed by atoms with van der Waals surface area (Å²) in [6.07, 6.45) is 2.27. The van der Waals surface area contributed by atoms with E-state index in [-0.39, 0.29) is 17.5 Å².